The highest BCUT2D eigenvalue weighted by molar-refractivity contribution is 5.73. The van der Waals surface area contributed by atoms with Crippen LogP contribution in [0.1, 0.15) is 23.1 Å². The summed E-state index contributed by atoms with van der Waals surface area (Å²) in [7, 11) is 3.95. The second-order valence-corrected chi connectivity index (χ2v) is 6.38. The van der Waals surface area contributed by atoms with E-state index in [2.05, 4.69) is 45.8 Å². The molecule has 0 spiro atoms. The van der Waals surface area contributed by atoms with Gasteiger partial charge in [-0.15, -0.1) is 5.10 Å². The van der Waals surface area contributed by atoms with Gasteiger partial charge >= 0.3 is 6.03 Å². The van der Waals surface area contributed by atoms with Crippen molar-refractivity contribution in [2.24, 2.45) is 0 Å². The molecule has 0 aliphatic carbocycles. The Bertz CT molecular complexity index is 684. The van der Waals surface area contributed by atoms with Gasteiger partial charge in [0.2, 0.25) is 0 Å². The van der Waals surface area contributed by atoms with Gasteiger partial charge in [-0.3, -0.25) is 9.58 Å². The van der Waals surface area contributed by atoms with E-state index in [0.29, 0.717) is 13.1 Å². The molecular formula is C17H24N6O. The van der Waals surface area contributed by atoms with E-state index in [9.17, 15) is 4.79 Å². The molecule has 128 valence electrons. The van der Waals surface area contributed by atoms with Crippen LogP contribution < -0.4 is 5.32 Å². The Morgan fingerprint density at radius 3 is 2.96 bits per heavy atom. The summed E-state index contributed by atoms with van der Waals surface area (Å²) < 4.78 is 1.76. The monoisotopic (exact) mass is 328 g/mol. The summed E-state index contributed by atoms with van der Waals surface area (Å²) >= 11 is 0. The van der Waals surface area contributed by atoms with Crippen molar-refractivity contribution >= 4 is 6.03 Å². The molecule has 1 aliphatic heterocycles. The average Bonchev–Trinajstić information content (AvgIpc) is 3.19. The van der Waals surface area contributed by atoms with E-state index >= 15 is 0 Å². The van der Waals surface area contributed by atoms with E-state index < -0.39 is 0 Å². The highest BCUT2D eigenvalue weighted by atomic mass is 16.2. The molecule has 0 atom stereocenters. The van der Waals surface area contributed by atoms with E-state index in [0.717, 1.165) is 26.1 Å². The summed E-state index contributed by atoms with van der Waals surface area (Å²) in [6, 6.07) is 6.46. The molecule has 0 fully saturated rings. The molecule has 1 N–H and O–H groups in total. The number of rotatable bonds is 6. The SMILES string of the molecule is CN1Cc2ccc(CN(C)C(=O)NCCCn3ccnn3)cc2C1. The number of fused-ring (bicyclic) bond motifs is 1. The van der Waals surface area contributed by atoms with Gasteiger partial charge in [0, 0.05) is 46.0 Å². The van der Waals surface area contributed by atoms with E-state index in [-0.39, 0.29) is 6.03 Å². The minimum atomic E-state index is -0.0498. The fourth-order valence-electron chi connectivity index (χ4n) is 2.99. The molecule has 24 heavy (non-hydrogen) atoms. The maximum absolute atomic E-state index is 12.2. The Morgan fingerprint density at radius 1 is 1.33 bits per heavy atom. The van der Waals surface area contributed by atoms with Gasteiger partial charge in [-0.25, -0.2) is 4.79 Å². The fourth-order valence-corrected chi connectivity index (χ4v) is 2.99. The number of nitrogens with zero attached hydrogens (tertiary/aromatic N) is 5. The van der Waals surface area contributed by atoms with Crippen molar-refractivity contribution in [3.05, 3.63) is 47.3 Å². The summed E-state index contributed by atoms with van der Waals surface area (Å²) in [4.78, 5) is 16.2. The van der Waals surface area contributed by atoms with Crippen molar-refractivity contribution in [3.63, 3.8) is 0 Å². The molecule has 0 unspecified atom stereocenters. The number of benzene rings is 1. The maximum atomic E-state index is 12.2. The van der Waals surface area contributed by atoms with Crippen molar-refractivity contribution in [1.82, 2.24) is 30.1 Å². The number of hydrogen-bond acceptors (Lipinski definition) is 4. The third-order valence-electron chi connectivity index (χ3n) is 4.23. The summed E-state index contributed by atoms with van der Waals surface area (Å²) in [5.41, 5.74) is 3.93. The fraction of sp³-hybridized carbons (Fsp3) is 0.471. The minimum absolute atomic E-state index is 0.0498. The van der Waals surface area contributed by atoms with Crippen LogP contribution in [0.15, 0.2) is 30.6 Å². The number of hydrogen-bond donors (Lipinski definition) is 1. The topological polar surface area (TPSA) is 66.3 Å². The van der Waals surface area contributed by atoms with E-state index in [4.69, 9.17) is 0 Å². The largest absolute Gasteiger partial charge is 0.338 e. The third kappa shape index (κ3) is 4.11. The van der Waals surface area contributed by atoms with Crippen LogP contribution in [-0.4, -0.2) is 51.5 Å². The number of aryl methyl sites for hydroxylation is 1. The number of amides is 2. The van der Waals surface area contributed by atoms with E-state index in [1.54, 1.807) is 15.8 Å². The Labute approximate surface area is 142 Å². The van der Waals surface area contributed by atoms with E-state index in [1.165, 1.54) is 16.7 Å². The minimum Gasteiger partial charge on any atom is -0.338 e. The van der Waals surface area contributed by atoms with Crippen LogP contribution in [0.25, 0.3) is 0 Å². The Kier molecular flexibility index (Phi) is 5.10. The third-order valence-corrected chi connectivity index (χ3v) is 4.23. The summed E-state index contributed by atoms with van der Waals surface area (Å²) in [5.74, 6) is 0. The van der Waals surface area contributed by atoms with Crippen LogP contribution in [0.2, 0.25) is 0 Å². The lowest BCUT2D eigenvalue weighted by Gasteiger charge is -2.18. The van der Waals surface area contributed by atoms with Crippen LogP contribution in [0, 0.1) is 0 Å². The molecule has 2 amide bonds. The quantitative estimate of drug-likeness (QED) is 0.815. The number of carbonyl (C=O) groups excluding carboxylic acids is 1. The summed E-state index contributed by atoms with van der Waals surface area (Å²) in [6.07, 6.45) is 4.30. The van der Waals surface area contributed by atoms with Gasteiger partial charge in [0.1, 0.15) is 0 Å². The zero-order valence-corrected chi connectivity index (χ0v) is 14.3. The first kappa shape index (κ1) is 16.4. The van der Waals surface area contributed by atoms with Crippen molar-refractivity contribution in [1.29, 1.82) is 0 Å². The first-order valence-corrected chi connectivity index (χ1v) is 8.24. The second-order valence-electron chi connectivity index (χ2n) is 6.38. The van der Waals surface area contributed by atoms with Crippen molar-refractivity contribution in [3.8, 4) is 0 Å². The summed E-state index contributed by atoms with van der Waals surface area (Å²) in [6.45, 7) is 3.99. The van der Waals surface area contributed by atoms with Crippen LogP contribution >= 0.6 is 0 Å². The standard InChI is InChI=1S/C17H24N6O/c1-21-12-15-5-4-14(10-16(15)13-21)11-22(2)17(24)18-6-3-8-23-9-7-19-20-23/h4-5,7,9-10H,3,6,8,11-13H2,1-2H3,(H,18,24). The van der Waals surface area contributed by atoms with Crippen molar-refractivity contribution < 1.29 is 4.79 Å². The molecule has 1 aromatic heterocycles. The number of aromatic nitrogens is 3. The van der Waals surface area contributed by atoms with Crippen LogP contribution in [-0.2, 0) is 26.2 Å². The molecule has 0 saturated carbocycles. The maximum Gasteiger partial charge on any atom is 0.317 e. The molecular weight excluding hydrogens is 304 g/mol. The normalized spacial score (nSPS) is 13.8. The van der Waals surface area contributed by atoms with Gasteiger partial charge in [0.15, 0.2) is 0 Å². The molecule has 0 saturated heterocycles. The second kappa shape index (κ2) is 7.44. The first-order valence-electron chi connectivity index (χ1n) is 8.24. The van der Waals surface area contributed by atoms with Crippen LogP contribution in [0.5, 0.6) is 0 Å². The van der Waals surface area contributed by atoms with Gasteiger partial charge < -0.3 is 10.2 Å². The highest BCUT2D eigenvalue weighted by Gasteiger charge is 2.16. The predicted octanol–water partition coefficient (Wildman–Crippen LogP) is 1.46. The predicted molar refractivity (Wildman–Crippen MR) is 91.1 cm³/mol. The number of urea groups is 1. The molecule has 1 aliphatic rings. The smallest absolute Gasteiger partial charge is 0.317 e. The molecule has 0 bridgehead atoms. The van der Waals surface area contributed by atoms with Gasteiger partial charge in [-0.05, 0) is 30.2 Å². The number of nitrogens with one attached hydrogen (secondary N) is 1. The van der Waals surface area contributed by atoms with Gasteiger partial charge in [-0.1, -0.05) is 23.4 Å². The van der Waals surface area contributed by atoms with Crippen molar-refractivity contribution in [2.45, 2.75) is 32.6 Å². The van der Waals surface area contributed by atoms with Gasteiger partial charge in [0.05, 0.1) is 6.20 Å². The van der Waals surface area contributed by atoms with Crippen LogP contribution in [0.4, 0.5) is 4.79 Å². The Balaban J connectivity index is 1.43. The molecule has 2 heterocycles. The lowest BCUT2D eigenvalue weighted by atomic mass is 10.1. The van der Waals surface area contributed by atoms with Crippen LogP contribution in [0.3, 0.4) is 0 Å². The average molecular weight is 328 g/mol. The lowest BCUT2D eigenvalue weighted by molar-refractivity contribution is 0.206. The van der Waals surface area contributed by atoms with E-state index in [1.807, 2.05) is 13.2 Å². The van der Waals surface area contributed by atoms with Gasteiger partial charge in [-0.2, -0.15) is 0 Å². The lowest BCUT2D eigenvalue weighted by Crippen LogP contribution is -2.37. The number of carbonyl (C=O) groups is 1. The Morgan fingerprint density at radius 2 is 2.17 bits per heavy atom. The molecule has 0 radical (unpaired) electrons. The first-order chi connectivity index (χ1) is 11.6. The molecule has 7 heteroatoms. The van der Waals surface area contributed by atoms with Crippen molar-refractivity contribution in [2.75, 3.05) is 20.6 Å². The zero-order chi connectivity index (χ0) is 16.9. The molecule has 2 aromatic rings. The van der Waals surface area contributed by atoms with Gasteiger partial charge in [0.25, 0.3) is 0 Å². The molecule has 7 nitrogen and oxygen atoms in total. The zero-order valence-electron chi connectivity index (χ0n) is 14.3. The molecule has 3 rings (SSSR count). The molecule has 1 aromatic carbocycles. The summed E-state index contributed by atoms with van der Waals surface area (Å²) in [5, 5.41) is 10.6. The Hall–Kier alpha value is -2.41. The highest BCUT2D eigenvalue weighted by Crippen LogP contribution is 2.22.